The van der Waals surface area contributed by atoms with Gasteiger partial charge in [0.25, 0.3) is 0 Å². The van der Waals surface area contributed by atoms with Crippen LogP contribution in [0.4, 0.5) is 0 Å². The molecule has 0 saturated heterocycles. The number of rotatable bonds is 15. The van der Waals surface area contributed by atoms with E-state index < -0.39 is 5.97 Å². The van der Waals surface area contributed by atoms with Gasteiger partial charge < -0.3 is 7.96 Å². The van der Waals surface area contributed by atoms with Crippen molar-refractivity contribution in [3.05, 3.63) is 12.2 Å². The van der Waals surface area contributed by atoms with Gasteiger partial charge in [0, 0.05) is 6.42 Å². The largest absolute Gasteiger partial charge is 2.00 e. The molecule has 0 aliphatic carbocycles. The summed E-state index contributed by atoms with van der Waals surface area (Å²) in [6.45, 7) is 2.26. The quantitative estimate of drug-likeness (QED) is 0.230. The predicted molar refractivity (Wildman–Crippen MR) is 95.1 cm³/mol. The molecular formula is C18H36MgO2. The molecule has 0 spiro atoms. The van der Waals surface area contributed by atoms with Crippen molar-refractivity contribution < 1.29 is 12.8 Å². The molecule has 0 rings (SSSR count). The molecule has 1 N–H and O–H groups in total. The normalized spacial score (nSPS) is 10.7. The van der Waals surface area contributed by atoms with Crippen molar-refractivity contribution in [2.45, 2.75) is 96.8 Å². The van der Waals surface area contributed by atoms with Gasteiger partial charge in [-0.3, -0.25) is 4.79 Å². The summed E-state index contributed by atoms with van der Waals surface area (Å²) in [5.74, 6) is -0.664. The van der Waals surface area contributed by atoms with E-state index in [1.165, 1.54) is 70.6 Å². The van der Waals surface area contributed by atoms with Crippen LogP contribution in [0, 0.1) is 0 Å². The SMILES string of the molecule is CCCCCCCC/C=C\CCCCCCCC(=O)O.[H-].[H-].[Mg+2]. The molecule has 122 valence electrons. The Bertz CT molecular complexity index is 249. The van der Waals surface area contributed by atoms with Crippen molar-refractivity contribution in [3.8, 4) is 0 Å². The first kappa shape index (κ1) is 23.2. The fourth-order valence-electron chi connectivity index (χ4n) is 2.35. The third-order valence-corrected chi connectivity index (χ3v) is 3.65. The number of hydrogen-bond donors (Lipinski definition) is 1. The first-order chi connectivity index (χ1) is 9.77. The molecule has 0 amide bonds. The van der Waals surface area contributed by atoms with Crippen molar-refractivity contribution in [2.24, 2.45) is 0 Å². The first-order valence-electron chi connectivity index (χ1n) is 8.64. The van der Waals surface area contributed by atoms with Crippen LogP contribution in [-0.4, -0.2) is 34.1 Å². The molecule has 0 aliphatic rings. The molecule has 0 aromatic rings. The second-order valence-corrected chi connectivity index (χ2v) is 5.73. The van der Waals surface area contributed by atoms with Crippen molar-refractivity contribution in [1.29, 1.82) is 0 Å². The Balaban J connectivity index is -0.000000602. The topological polar surface area (TPSA) is 37.3 Å². The Kier molecular flexibility index (Phi) is 22.1. The molecule has 0 aromatic carbocycles. The predicted octanol–water partition coefficient (Wildman–Crippen LogP) is 5.95. The summed E-state index contributed by atoms with van der Waals surface area (Å²) in [6.07, 6.45) is 21.2. The summed E-state index contributed by atoms with van der Waals surface area (Å²) in [5.41, 5.74) is 0. The third-order valence-electron chi connectivity index (χ3n) is 3.65. The Hall–Kier alpha value is -0.0238. The fourth-order valence-corrected chi connectivity index (χ4v) is 2.35. The summed E-state index contributed by atoms with van der Waals surface area (Å²) in [6, 6.07) is 0. The summed E-state index contributed by atoms with van der Waals surface area (Å²) in [5, 5.41) is 8.51. The molecule has 0 bridgehead atoms. The molecule has 3 heteroatoms. The van der Waals surface area contributed by atoms with E-state index in [2.05, 4.69) is 19.1 Å². The summed E-state index contributed by atoms with van der Waals surface area (Å²) in [4.78, 5) is 10.3. The molecule has 0 heterocycles. The Morgan fingerprint density at radius 2 is 1.24 bits per heavy atom. The van der Waals surface area contributed by atoms with Gasteiger partial charge in [-0.25, -0.2) is 0 Å². The number of aliphatic carboxylic acids is 1. The van der Waals surface area contributed by atoms with E-state index in [1.807, 2.05) is 0 Å². The summed E-state index contributed by atoms with van der Waals surface area (Å²) in [7, 11) is 0. The van der Waals surface area contributed by atoms with Gasteiger partial charge in [-0.2, -0.15) is 0 Å². The van der Waals surface area contributed by atoms with Crippen LogP contribution in [0.2, 0.25) is 0 Å². The van der Waals surface area contributed by atoms with Gasteiger partial charge in [0.2, 0.25) is 0 Å². The minimum absolute atomic E-state index is 0. The zero-order valence-corrected chi connectivity index (χ0v) is 15.5. The minimum atomic E-state index is -0.664. The average Bonchev–Trinajstić information content (AvgIpc) is 2.43. The van der Waals surface area contributed by atoms with Gasteiger partial charge in [-0.05, 0) is 32.1 Å². The van der Waals surface area contributed by atoms with Gasteiger partial charge in [0.15, 0.2) is 0 Å². The number of carbonyl (C=O) groups is 1. The number of unbranched alkanes of at least 4 members (excludes halogenated alkanes) is 11. The second-order valence-electron chi connectivity index (χ2n) is 5.73. The number of allylic oxidation sites excluding steroid dienone is 2. The van der Waals surface area contributed by atoms with E-state index in [-0.39, 0.29) is 25.9 Å². The maximum Gasteiger partial charge on any atom is 2.00 e. The van der Waals surface area contributed by atoms with E-state index in [4.69, 9.17) is 5.11 Å². The molecule has 0 aliphatic heterocycles. The Morgan fingerprint density at radius 3 is 1.71 bits per heavy atom. The van der Waals surface area contributed by atoms with E-state index >= 15 is 0 Å². The van der Waals surface area contributed by atoms with Gasteiger partial charge in [-0.15, -0.1) is 0 Å². The van der Waals surface area contributed by atoms with Crippen molar-refractivity contribution in [1.82, 2.24) is 0 Å². The van der Waals surface area contributed by atoms with E-state index in [0.29, 0.717) is 6.42 Å². The maximum atomic E-state index is 10.3. The average molecular weight is 309 g/mol. The van der Waals surface area contributed by atoms with Crippen LogP contribution in [0.25, 0.3) is 0 Å². The van der Waals surface area contributed by atoms with Crippen molar-refractivity contribution in [3.63, 3.8) is 0 Å². The number of carboxylic acids is 1. The van der Waals surface area contributed by atoms with Crippen LogP contribution in [0.3, 0.4) is 0 Å². The van der Waals surface area contributed by atoms with Crippen LogP contribution >= 0.6 is 0 Å². The Morgan fingerprint density at radius 1 is 0.810 bits per heavy atom. The molecule has 0 unspecified atom stereocenters. The molecule has 0 radical (unpaired) electrons. The smallest absolute Gasteiger partial charge is 1.00 e. The molecule has 0 aromatic heterocycles. The number of hydrogen-bond acceptors (Lipinski definition) is 1. The van der Waals surface area contributed by atoms with Crippen LogP contribution in [0.1, 0.15) is 99.7 Å². The van der Waals surface area contributed by atoms with Crippen LogP contribution in [0.15, 0.2) is 12.2 Å². The summed E-state index contributed by atoms with van der Waals surface area (Å²) >= 11 is 0. The first-order valence-corrected chi connectivity index (χ1v) is 8.64. The van der Waals surface area contributed by atoms with E-state index in [9.17, 15) is 4.79 Å². The van der Waals surface area contributed by atoms with Gasteiger partial charge in [0.1, 0.15) is 0 Å². The van der Waals surface area contributed by atoms with E-state index in [0.717, 1.165) is 12.8 Å². The molecule has 0 atom stereocenters. The standard InChI is InChI=1S/C18H34O2.Mg.2H/c1-2-3-4-5-6-7-8-9-10-11-12-13-14-15-16-17-18(19)20;;;/h9-10H,2-8,11-17H2,1H3,(H,19,20);;;/q;+2;2*-1/b10-9-;;;. The monoisotopic (exact) mass is 308 g/mol. The van der Waals surface area contributed by atoms with Gasteiger partial charge in [0.05, 0.1) is 0 Å². The maximum absolute atomic E-state index is 10.3. The zero-order valence-electron chi connectivity index (χ0n) is 16.1. The molecule has 0 fully saturated rings. The molecule has 2 nitrogen and oxygen atoms in total. The third kappa shape index (κ3) is 22.4. The van der Waals surface area contributed by atoms with Crippen LogP contribution in [-0.2, 0) is 4.79 Å². The van der Waals surface area contributed by atoms with Gasteiger partial charge in [-0.1, -0.05) is 70.4 Å². The minimum Gasteiger partial charge on any atom is -1.00 e. The molecule has 0 saturated carbocycles. The van der Waals surface area contributed by atoms with E-state index in [1.54, 1.807) is 0 Å². The fraction of sp³-hybridized carbons (Fsp3) is 0.833. The zero-order chi connectivity index (χ0) is 14.9. The second kappa shape index (κ2) is 20.0. The van der Waals surface area contributed by atoms with Gasteiger partial charge >= 0.3 is 29.0 Å². The summed E-state index contributed by atoms with van der Waals surface area (Å²) < 4.78 is 0. The van der Waals surface area contributed by atoms with Crippen molar-refractivity contribution in [2.75, 3.05) is 0 Å². The van der Waals surface area contributed by atoms with Crippen LogP contribution in [0.5, 0.6) is 0 Å². The molecule has 21 heavy (non-hydrogen) atoms. The number of carboxylic acid groups (broad SMARTS) is 1. The Labute approximate surface area is 150 Å². The molecular weight excluding hydrogens is 273 g/mol. The van der Waals surface area contributed by atoms with Crippen LogP contribution < -0.4 is 0 Å². The van der Waals surface area contributed by atoms with Crippen molar-refractivity contribution >= 4 is 29.0 Å².